The van der Waals surface area contributed by atoms with Gasteiger partial charge in [-0.05, 0) is 55.6 Å². The van der Waals surface area contributed by atoms with Gasteiger partial charge in [-0.3, -0.25) is 9.59 Å². The largest absolute Gasteiger partial charge is 0.393 e. The number of hydrogen-bond donors (Lipinski definition) is 2. The molecule has 0 bridgehead atoms. The molecule has 3 fully saturated rings. The van der Waals surface area contributed by atoms with Gasteiger partial charge in [0.25, 0.3) is 0 Å². The number of aliphatic hydroxyl groups is 2. The average Bonchev–Trinajstić information content (AvgIpc) is 2.87. The summed E-state index contributed by atoms with van der Waals surface area (Å²) < 4.78 is 13.2. The second-order valence-electron chi connectivity index (χ2n) is 9.70. The fourth-order valence-corrected chi connectivity index (χ4v) is 7.32. The molecular formula is C22H29FO4. The van der Waals surface area contributed by atoms with Crippen molar-refractivity contribution in [1.82, 2.24) is 0 Å². The summed E-state index contributed by atoms with van der Waals surface area (Å²) in [7, 11) is 0. The van der Waals surface area contributed by atoms with E-state index in [9.17, 15) is 24.2 Å². The third kappa shape index (κ3) is 2.27. The van der Waals surface area contributed by atoms with E-state index in [0.717, 1.165) is 12.0 Å². The number of carbonyl (C=O) groups excluding carboxylic acids is 2. The number of halogens is 1. The lowest BCUT2D eigenvalue weighted by Crippen LogP contribution is -2.62. The highest BCUT2D eigenvalue weighted by molar-refractivity contribution is 6.01. The number of Topliss-reactive ketones (excluding diaryl/α,β-unsaturated/α-hetero) is 1. The molecule has 0 amide bonds. The molecule has 0 unspecified atom stereocenters. The minimum atomic E-state index is -1.70. The van der Waals surface area contributed by atoms with Gasteiger partial charge in [-0.1, -0.05) is 32.4 Å². The van der Waals surface area contributed by atoms with Crippen molar-refractivity contribution in [2.75, 3.05) is 6.67 Å². The van der Waals surface area contributed by atoms with Crippen LogP contribution in [0.5, 0.6) is 0 Å². The van der Waals surface area contributed by atoms with Gasteiger partial charge in [-0.15, -0.1) is 0 Å². The SMILES string of the molecule is C[C@H]1C[C@@H]2[C@H]([C@@H](O)C[C@@]3(C)[C@H]2CC[C@@]3(O)C(=O)CF)[C@@]2(C)C=CC(=O)C=C12. The molecule has 0 spiro atoms. The average molecular weight is 376 g/mol. The first-order chi connectivity index (χ1) is 12.6. The molecule has 0 heterocycles. The Morgan fingerprint density at radius 1 is 1.37 bits per heavy atom. The lowest BCUT2D eigenvalue weighted by molar-refractivity contribution is -0.179. The van der Waals surface area contributed by atoms with E-state index in [1.54, 1.807) is 12.2 Å². The molecule has 0 aromatic carbocycles. The summed E-state index contributed by atoms with van der Waals surface area (Å²) in [4.78, 5) is 24.2. The maximum absolute atomic E-state index is 13.2. The minimum absolute atomic E-state index is 0.00769. The summed E-state index contributed by atoms with van der Waals surface area (Å²) in [5.41, 5.74) is -1.84. The summed E-state index contributed by atoms with van der Waals surface area (Å²) in [5, 5.41) is 22.3. The zero-order chi connectivity index (χ0) is 19.8. The van der Waals surface area contributed by atoms with E-state index in [-0.39, 0.29) is 42.3 Å². The zero-order valence-corrected chi connectivity index (χ0v) is 16.2. The molecular weight excluding hydrogens is 347 g/mol. The van der Waals surface area contributed by atoms with Gasteiger partial charge < -0.3 is 10.2 Å². The molecule has 4 aliphatic rings. The minimum Gasteiger partial charge on any atom is -0.393 e. The monoisotopic (exact) mass is 376 g/mol. The fraction of sp³-hybridized carbons (Fsp3) is 0.727. The van der Waals surface area contributed by atoms with Crippen molar-refractivity contribution in [3.63, 3.8) is 0 Å². The Morgan fingerprint density at radius 3 is 2.74 bits per heavy atom. The molecule has 2 N–H and O–H groups in total. The smallest absolute Gasteiger partial charge is 0.195 e. The molecule has 5 heteroatoms. The first kappa shape index (κ1) is 19.0. The molecule has 148 valence electrons. The maximum Gasteiger partial charge on any atom is 0.195 e. The van der Waals surface area contributed by atoms with Crippen LogP contribution >= 0.6 is 0 Å². The number of carbonyl (C=O) groups is 2. The third-order valence-corrected chi connectivity index (χ3v) is 8.55. The second-order valence-corrected chi connectivity index (χ2v) is 9.70. The molecule has 0 aromatic rings. The van der Waals surface area contributed by atoms with Gasteiger partial charge in [-0.25, -0.2) is 4.39 Å². The number of hydrogen-bond acceptors (Lipinski definition) is 4. The van der Waals surface area contributed by atoms with Crippen molar-refractivity contribution in [2.45, 2.75) is 58.2 Å². The van der Waals surface area contributed by atoms with Gasteiger partial charge in [0, 0.05) is 16.7 Å². The van der Waals surface area contributed by atoms with Crippen LogP contribution in [-0.4, -0.2) is 40.2 Å². The Hall–Kier alpha value is -1.33. The number of ketones is 2. The van der Waals surface area contributed by atoms with Crippen molar-refractivity contribution >= 4 is 11.6 Å². The van der Waals surface area contributed by atoms with Crippen molar-refractivity contribution in [3.8, 4) is 0 Å². The predicted molar refractivity (Wildman–Crippen MR) is 98.5 cm³/mol. The maximum atomic E-state index is 13.2. The summed E-state index contributed by atoms with van der Waals surface area (Å²) in [6, 6.07) is 0. The number of allylic oxidation sites excluding steroid dienone is 4. The lowest BCUT2D eigenvalue weighted by atomic mass is 9.45. The molecule has 4 aliphatic carbocycles. The molecule has 0 aromatic heterocycles. The molecule has 0 radical (unpaired) electrons. The van der Waals surface area contributed by atoms with Gasteiger partial charge in [-0.2, -0.15) is 0 Å². The van der Waals surface area contributed by atoms with E-state index < -0.39 is 35.0 Å². The first-order valence-electron chi connectivity index (χ1n) is 10.0. The van der Waals surface area contributed by atoms with Gasteiger partial charge in [0.2, 0.25) is 0 Å². The van der Waals surface area contributed by atoms with E-state index in [0.29, 0.717) is 6.42 Å². The fourth-order valence-electron chi connectivity index (χ4n) is 7.32. The number of rotatable bonds is 2. The van der Waals surface area contributed by atoms with Crippen LogP contribution in [0.2, 0.25) is 0 Å². The molecule has 4 rings (SSSR count). The van der Waals surface area contributed by atoms with Crippen LogP contribution in [-0.2, 0) is 9.59 Å². The first-order valence-corrected chi connectivity index (χ1v) is 10.0. The van der Waals surface area contributed by atoms with Crippen LogP contribution in [0.4, 0.5) is 4.39 Å². The van der Waals surface area contributed by atoms with Crippen molar-refractivity contribution in [1.29, 1.82) is 0 Å². The Morgan fingerprint density at radius 2 is 2.07 bits per heavy atom. The van der Waals surface area contributed by atoms with E-state index in [1.807, 2.05) is 13.0 Å². The summed E-state index contributed by atoms with van der Waals surface area (Å²) in [6.45, 7) is 4.89. The Kier molecular flexibility index (Phi) is 4.11. The molecule has 4 nitrogen and oxygen atoms in total. The van der Waals surface area contributed by atoms with Gasteiger partial charge in [0.05, 0.1) is 6.10 Å². The van der Waals surface area contributed by atoms with E-state index >= 15 is 0 Å². The van der Waals surface area contributed by atoms with Crippen LogP contribution < -0.4 is 0 Å². The summed E-state index contributed by atoms with van der Waals surface area (Å²) in [6.07, 6.45) is 6.55. The molecule has 0 aliphatic heterocycles. The number of alkyl halides is 1. The van der Waals surface area contributed by atoms with Crippen molar-refractivity contribution in [2.24, 2.45) is 34.5 Å². The topological polar surface area (TPSA) is 74.6 Å². The normalized spacial score (nSPS) is 51.3. The highest BCUT2D eigenvalue weighted by Gasteiger charge is 2.68. The third-order valence-electron chi connectivity index (χ3n) is 8.55. The van der Waals surface area contributed by atoms with Gasteiger partial charge in [0.15, 0.2) is 18.2 Å². The van der Waals surface area contributed by atoms with Crippen molar-refractivity contribution < 1.29 is 24.2 Å². The van der Waals surface area contributed by atoms with Gasteiger partial charge >= 0.3 is 0 Å². The number of aliphatic hydroxyl groups excluding tert-OH is 1. The molecule has 27 heavy (non-hydrogen) atoms. The molecule has 8 atom stereocenters. The predicted octanol–water partition coefficient (Wildman–Crippen LogP) is 2.78. The summed E-state index contributed by atoms with van der Waals surface area (Å²) in [5.74, 6) is -0.465. The van der Waals surface area contributed by atoms with Gasteiger partial charge in [0.1, 0.15) is 5.60 Å². The molecule has 3 saturated carbocycles. The standard InChI is InChI=1S/C22H29FO4/c1-12-8-14-15-5-7-22(27,18(26)11-23)21(15,3)10-17(25)19(14)20(2)6-4-13(24)9-16(12)20/h4,6,9,12,14-15,17,19,25,27H,5,7-8,10-11H2,1-3H3/t12-,14-,15-,17-,19+,20-,21-,22+/m0/s1. The Balaban J connectivity index is 1.78. The lowest BCUT2D eigenvalue weighted by Gasteiger charge is -2.60. The van der Waals surface area contributed by atoms with Crippen LogP contribution in [0.25, 0.3) is 0 Å². The highest BCUT2D eigenvalue weighted by Crippen LogP contribution is 2.67. The second kappa shape index (κ2) is 5.84. The van der Waals surface area contributed by atoms with Crippen LogP contribution in [0.15, 0.2) is 23.8 Å². The van der Waals surface area contributed by atoms with Crippen LogP contribution in [0.1, 0.15) is 46.5 Å². The summed E-state index contributed by atoms with van der Waals surface area (Å²) >= 11 is 0. The van der Waals surface area contributed by atoms with E-state index in [4.69, 9.17) is 0 Å². The molecule has 0 saturated heterocycles. The van der Waals surface area contributed by atoms with Crippen molar-refractivity contribution in [3.05, 3.63) is 23.8 Å². The van der Waals surface area contributed by atoms with E-state index in [2.05, 4.69) is 13.8 Å². The van der Waals surface area contributed by atoms with Crippen LogP contribution in [0, 0.1) is 34.5 Å². The van der Waals surface area contributed by atoms with E-state index in [1.165, 1.54) is 0 Å². The highest BCUT2D eigenvalue weighted by atomic mass is 19.1. The Bertz CT molecular complexity index is 757. The zero-order valence-electron chi connectivity index (χ0n) is 16.2. The van der Waals surface area contributed by atoms with Crippen LogP contribution in [0.3, 0.4) is 0 Å². The number of fused-ring (bicyclic) bond motifs is 5. The Labute approximate surface area is 159 Å². The quantitative estimate of drug-likeness (QED) is 0.777.